The average Bonchev–Trinajstić information content (AvgIpc) is 2.23. The van der Waals surface area contributed by atoms with Gasteiger partial charge in [0.05, 0.1) is 6.04 Å². The Morgan fingerprint density at radius 2 is 1.88 bits per heavy atom. The number of nitrogens with one attached hydrogen (secondary N) is 2. The molecule has 1 fully saturated rings. The molecule has 3 nitrogen and oxygen atoms in total. The molecule has 1 aliphatic carbocycles. The van der Waals surface area contributed by atoms with Gasteiger partial charge in [-0.25, -0.2) is 0 Å². The van der Waals surface area contributed by atoms with E-state index in [1.807, 2.05) is 6.92 Å². The van der Waals surface area contributed by atoms with Gasteiger partial charge in [-0.15, -0.1) is 0 Å². The zero-order valence-corrected chi connectivity index (χ0v) is 11.0. The van der Waals surface area contributed by atoms with Crippen molar-refractivity contribution in [2.24, 2.45) is 5.92 Å². The molecule has 0 bridgehead atoms. The van der Waals surface area contributed by atoms with E-state index in [-0.39, 0.29) is 11.9 Å². The van der Waals surface area contributed by atoms with Crippen LogP contribution in [0.5, 0.6) is 0 Å². The van der Waals surface area contributed by atoms with Gasteiger partial charge in [-0.3, -0.25) is 4.79 Å². The number of hydrogen-bond donors (Lipinski definition) is 2. The van der Waals surface area contributed by atoms with Crippen LogP contribution in [0.1, 0.15) is 53.4 Å². The lowest BCUT2D eigenvalue weighted by Crippen LogP contribution is -2.52. The summed E-state index contributed by atoms with van der Waals surface area (Å²) >= 11 is 0. The fourth-order valence-electron chi connectivity index (χ4n) is 2.29. The minimum atomic E-state index is -0.0573. The molecule has 0 saturated heterocycles. The standard InChI is InChI=1S/C13H26N2O/c1-5-11(6-2)15-13(16)10(4)14-12-7-9(3)8-12/h9-12,14H,5-8H2,1-4H3,(H,15,16). The number of carbonyl (C=O) groups excluding carboxylic acids is 1. The second kappa shape index (κ2) is 6.24. The second-order valence-electron chi connectivity index (χ2n) is 5.18. The molecule has 3 heteroatoms. The lowest BCUT2D eigenvalue weighted by atomic mass is 9.81. The molecular formula is C13H26N2O. The van der Waals surface area contributed by atoms with E-state index in [0.717, 1.165) is 18.8 Å². The van der Waals surface area contributed by atoms with Crippen LogP contribution in [0.3, 0.4) is 0 Å². The predicted molar refractivity (Wildman–Crippen MR) is 67.3 cm³/mol. The molecule has 0 aliphatic heterocycles. The van der Waals surface area contributed by atoms with E-state index < -0.39 is 0 Å². The summed E-state index contributed by atoms with van der Waals surface area (Å²) in [6, 6.07) is 0.826. The van der Waals surface area contributed by atoms with Gasteiger partial charge in [-0.1, -0.05) is 20.8 Å². The molecule has 1 unspecified atom stereocenters. The maximum atomic E-state index is 11.9. The molecular weight excluding hydrogens is 200 g/mol. The van der Waals surface area contributed by atoms with Crippen molar-refractivity contribution in [3.63, 3.8) is 0 Å². The van der Waals surface area contributed by atoms with Crippen molar-refractivity contribution in [3.8, 4) is 0 Å². The van der Waals surface area contributed by atoms with Crippen molar-refractivity contribution >= 4 is 5.91 Å². The lowest BCUT2D eigenvalue weighted by molar-refractivity contribution is -0.124. The highest BCUT2D eigenvalue weighted by atomic mass is 16.2. The SMILES string of the molecule is CCC(CC)NC(=O)C(C)NC1CC(C)C1. The van der Waals surface area contributed by atoms with E-state index in [1.165, 1.54) is 12.8 Å². The summed E-state index contributed by atoms with van der Waals surface area (Å²) in [5, 5.41) is 6.47. The molecule has 0 spiro atoms. The molecule has 0 aromatic carbocycles. The van der Waals surface area contributed by atoms with Crippen LogP contribution >= 0.6 is 0 Å². The van der Waals surface area contributed by atoms with Gasteiger partial charge < -0.3 is 10.6 Å². The fraction of sp³-hybridized carbons (Fsp3) is 0.923. The molecule has 94 valence electrons. The first-order valence-corrected chi connectivity index (χ1v) is 6.63. The molecule has 1 rings (SSSR count). The second-order valence-corrected chi connectivity index (χ2v) is 5.18. The third kappa shape index (κ3) is 3.78. The van der Waals surface area contributed by atoms with Crippen LogP contribution in [-0.2, 0) is 4.79 Å². The zero-order valence-electron chi connectivity index (χ0n) is 11.0. The number of carbonyl (C=O) groups is 1. The van der Waals surface area contributed by atoms with Gasteiger partial charge in [-0.05, 0) is 38.5 Å². The fourth-order valence-corrected chi connectivity index (χ4v) is 2.29. The summed E-state index contributed by atoms with van der Waals surface area (Å²) in [5.41, 5.74) is 0. The van der Waals surface area contributed by atoms with Crippen molar-refractivity contribution in [2.75, 3.05) is 0 Å². The van der Waals surface area contributed by atoms with Gasteiger partial charge in [-0.2, -0.15) is 0 Å². The van der Waals surface area contributed by atoms with Crippen LogP contribution in [-0.4, -0.2) is 24.0 Å². The first-order valence-electron chi connectivity index (χ1n) is 6.63. The Morgan fingerprint density at radius 3 is 2.31 bits per heavy atom. The van der Waals surface area contributed by atoms with Crippen LogP contribution in [0.4, 0.5) is 0 Å². The van der Waals surface area contributed by atoms with Crippen molar-refractivity contribution in [1.29, 1.82) is 0 Å². The number of rotatable bonds is 6. The smallest absolute Gasteiger partial charge is 0.237 e. The van der Waals surface area contributed by atoms with E-state index in [2.05, 4.69) is 31.4 Å². The summed E-state index contributed by atoms with van der Waals surface area (Å²) in [4.78, 5) is 11.9. The van der Waals surface area contributed by atoms with Gasteiger partial charge in [0.15, 0.2) is 0 Å². The molecule has 1 atom stereocenters. The molecule has 1 aliphatic rings. The van der Waals surface area contributed by atoms with E-state index in [9.17, 15) is 4.79 Å². The van der Waals surface area contributed by atoms with Crippen LogP contribution in [0.15, 0.2) is 0 Å². The lowest BCUT2D eigenvalue weighted by Gasteiger charge is -2.35. The number of amides is 1. The van der Waals surface area contributed by atoms with Crippen molar-refractivity contribution < 1.29 is 4.79 Å². The maximum absolute atomic E-state index is 11.9. The zero-order chi connectivity index (χ0) is 12.1. The summed E-state index contributed by atoms with van der Waals surface area (Å²) in [7, 11) is 0. The molecule has 2 N–H and O–H groups in total. The highest BCUT2D eigenvalue weighted by Crippen LogP contribution is 2.26. The Bertz CT molecular complexity index is 220. The van der Waals surface area contributed by atoms with Crippen molar-refractivity contribution in [3.05, 3.63) is 0 Å². The van der Waals surface area contributed by atoms with Crippen LogP contribution in [0.25, 0.3) is 0 Å². The Balaban J connectivity index is 2.24. The quantitative estimate of drug-likeness (QED) is 0.728. The summed E-state index contributed by atoms with van der Waals surface area (Å²) in [5.74, 6) is 0.972. The van der Waals surface area contributed by atoms with E-state index in [0.29, 0.717) is 12.1 Å². The van der Waals surface area contributed by atoms with Gasteiger partial charge in [0.1, 0.15) is 0 Å². The summed E-state index contributed by atoms with van der Waals surface area (Å²) < 4.78 is 0. The Labute approximate surface area is 99.4 Å². The molecule has 0 radical (unpaired) electrons. The molecule has 0 aromatic rings. The predicted octanol–water partition coefficient (Wildman–Crippen LogP) is 2.07. The van der Waals surface area contributed by atoms with E-state index >= 15 is 0 Å². The minimum Gasteiger partial charge on any atom is -0.352 e. The van der Waals surface area contributed by atoms with E-state index in [4.69, 9.17) is 0 Å². The molecule has 0 heterocycles. The molecule has 0 aromatic heterocycles. The van der Waals surface area contributed by atoms with Crippen LogP contribution in [0, 0.1) is 5.92 Å². The van der Waals surface area contributed by atoms with Crippen molar-refractivity contribution in [2.45, 2.75) is 71.5 Å². The minimum absolute atomic E-state index is 0.0573. The first kappa shape index (κ1) is 13.5. The monoisotopic (exact) mass is 226 g/mol. The highest BCUT2D eigenvalue weighted by Gasteiger charge is 2.28. The molecule has 1 saturated carbocycles. The number of hydrogen-bond acceptors (Lipinski definition) is 2. The van der Waals surface area contributed by atoms with Crippen LogP contribution < -0.4 is 10.6 Å². The normalized spacial score (nSPS) is 26.3. The Hall–Kier alpha value is -0.570. The molecule has 1 amide bonds. The largest absolute Gasteiger partial charge is 0.352 e. The Kier molecular flexibility index (Phi) is 5.26. The van der Waals surface area contributed by atoms with Gasteiger partial charge in [0.2, 0.25) is 5.91 Å². The first-order chi connectivity index (χ1) is 7.56. The van der Waals surface area contributed by atoms with E-state index in [1.54, 1.807) is 0 Å². The van der Waals surface area contributed by atoms with Gasteiger partial charge in [0.25, 0.3) is 0 Å². The topological polar surface area (TPSA) is 41.1 Å². The summed E-state index contributed by atoms with van der Waals surface area (Å²) in [6.45, 7) is 8.44. The third-order valence-corrected chi connectivity index (χ3v) is 3.58. The highest BCUT2D eigenvalue weighted by molar-refractivity contribution is 5.81. The Morgan fingerprint density at radius 1 is 1.31 bits per heavy atom. The third-order valence-electron chi connectivity index (χ3n) is 3.58. The summed E-state index contributed by atoms with van der Waals surface area (Å²) in [6.07, 6.45) is 4.44. The maximum Gasteiger partial charge on any atom is 0.237 e. The van der Waals surface area contributed by atoms with Gasteiger partial charge >= 0.3 is 0 Å². The average molecular weight is 226 g/mol. The van der Waals surface area contributed by atoms with Gasteiger partial charge in [0, 0.05) is 12.1 Å². The molecule has 16 heavy (non-hydrogen) atoms. The van der Waals surface area contributed by atoms with Crippen molar-refractivity contribution in [1.82, 2.24) is 10.6 Å². The van der Waals surface area contributed by atoms with Crippen LogP contribution in [0.2, 0.25) is 0 Å².